The highest BCUT2D eigenvalue weighted by atomic mass is 16.2. The normalized spacial score (nSPS) is 19.3. The summed E-state index contributed by atoms with van der Waals surface area (Å²) in [5.41, 5.74) is 2.36. The van der Waals surface area contributed by atoms with Crippen LogP contribution < -0.4 is 10.6 Å². The molecule has 1 aromatic rings. The molecule has 100 valence electrons. The van der Waals surface area contributed by atoms with E-state index in [1.54, 1.807) is 12.1 Å². The zero-order valence-corrected chi connectivity index (χ0v) is 11.0. The van der Waals surface area contributed by atoms with Crippen LogP contribution in [0, 0.1) is 5.92 Å². The first-order valence-corrected chi connectivity index (χ1v) is 6.87. The second-order valence-corrected chi connectivity index (χ2v) is 5.55. The number of fused-ring (bicyclic) bond motifs is 1. The maximum atomic E-state index is 12.2. The molecule has 1 aliphatic carbocycles. The van der Waals surface area contributed by atoms with Crippen molar-refractivity contribution >= 4 is 17.5 Å². The van der Waals surface area contributed by atoms with Crippen molar-refractivity contribution in [2.45, 2.75) is 38.6 Å². The highest BCUT2D eigenvalue weighted by Crippen LogP contribution is 2.29. The summed E-state index contributed by atoms with van der Waals surface area (Å²) in [5.74, 6) is 0.567. The van der Waals surface area contributed by atoms with Gasteiger partial charge in [0, 0.05) is 17.3 Å². The van der Waals surface area contributed by atoms with Crippen molar-refractivity contribution < 1.29 is 9.59 Å². The molecular formula is C15H18N2O2. The van der Waals surface area contributed by atoms with E-state index in [9.17, 15) is 9.59 Å². The largest absolute Gasteiger partial charge is 0.349 e. The van der Waals surface area contributed by atoms with E-state index in [4.69, 9.17) is 0 Å². The van der Waals surface area contributed by atoms with Crippen molar-refractivity contribution in [3.63, 3.8) is 0 Å². The first kappa shape index (κ1) is 12.2. The smallest absolute Gasteiger partial charge is 0.251 e. The predicted molar refractivity (Wildman–Crippen MR) is 73.0 cm³/mol. The molecule has 1 saturated carbocycles. The summed E-state index contributed by atoms with van der Waals surface area (Å²) in [6.45, 7) is 2.07. The van der Waals surface area contributed by atoms with Crippen molar-refractivity contribution in [2.24, 2.45) is 5.92 Å². The highest BCUT2D eigenvalue weighted by molar-refractivity contribution is 6.02. The van der Waals surface area contributed by atoms with Gasteiger partial charge in [-0.05, 0) is 43.4 Å². The molecule has 2 aliphatic rings. The van der Waals surface area contributed by atoms with Gasteiger partial charge in [-0.3, -0.25) is 9.59 Å². The van der Waals surface area contributed by atoms with Crippen LogP contribution in [0.4, 0.5) is 5.69 Å². The third-order valence-electron chi connectivity index (χ3n) is 4.21. The molecule has 1 fully saturated rings. The van der Waals surface area contributed by atoms with Gasteiger partial charge in [0.05, 0.1) is 6.42 Å². The molecule has 0 spiro atoms. The lowest BCUT2D eigenvalue weighted by Crippen LogP contribution is -2.40. The van der Waals surface area contributed by atoms with E-state index in [0.717, 1.165) is 11.3 Å². The molecule has 0 radical (unpaired) electrons. The quantitative estimate of drug-likeness (QED) is 0.872. The molecule has 1 unspecified atom stereocenters. The van der Waals surface area contributed by atoms with Crippen molar-refractivity contribution in [3.05, 3.63) is 29.3 Å². The van der Waals surface area contributed by atoms with Crippen LogP contribution >= 0.6 is 0 Å². The van der Waals surface area contributed by atoms with Crippen LogP contribution in [0.5, 0.6) is 0 Å². The average molecular weight is 258 g/mol. The number of hydrogen-bond donors (Lipinski definition) is 2. The fourth-order valence-electron chi connectivity index (χ4n) is 2.70. The fraction of sp³-hybridized carbons (Fsp3) is 0.467. The Morgan fingerprint density at radius 2 is 2.21 bits per heavy atom. The lowest BCUT2D eigenvalue weighted by Gasteiger charge is -2.31. The van der Waals surface area contributed by atoms with Crippen LogP contribution in [0.2, 0.25) is 0 Å². The van der Waals surface area contributed by atoms with E-state index in [2.05, 4.69) is 17.6 Å². The SMILES string of the molecule is CC(NC(=O)c1ccc2c(c1)NC(=O)C2)C1CCC1. The minimum absolute atomic E-state index is 0.00426. The van der Waals surface area contributed by atoms with Gasteiger partial charge < -0.3 is 10.6 Å². The van der Waals surface area contributed by atoms with Gasteiger partial charge in [-0.25, -0.2) is 0 Å². The average Bonchev–Trinajstić information content (AvgIpc) is 2.65. The van der Waals surface area contributed by atoms with Gasteiger partial charge in [0.1, 0.15) is 0 Å². The molecule has 1 heterocycles. The summed E-state index contributed by atoms with van der Waals surface area (Å²) in [7, 11) is 0. The Hall–Kier alpha value is -1.84. The third-order valence-corrected chi connectivity index (χ3v) is 4.21. The molecule has 19 heavy (non-hydrogen) atoms. The molecule has 4 heteroatoms. The fourth-order valence-corrected chi connectivity index (χ4v) is 2.70. The first-order valence-electron chi connectivity index (χ1n) is 6.87. The number of carbonyl (C=O) groups is 2. The molecule has 0 saturated heterocycles. The zero-order chi connectivity index (χ0) is 13.4. The Kier molecular flexibility index (Phi) is 3.01. The molecule has 4 nitrogen and oxygen atoms in total. The second-order valence-electron chi connectivity index (χ2n) is 5.55. The lowest BCUT2D eigenvalue weighted by atomic mass is 9.80. The molecule has 1 atom stereocenters. The van der Waals surface area contributed by atoms with Crippen molar-refractivity contribution in [2.75, 3.05) is 5.32 Å². The molecular weight excluding hydrogens is 240 g/mol. The summed E-state index contributed by atoms with van der Waals surface area (Å²) >= 11 is 0. The number of hydrogen-bond acceptors (Lipinski definition) is 2. The number of rotatable bonds is 3. The molecule has 1 aliphatic heterocycles. The van der Waals surface area contributed by atoms with E-state index < -0.39 is 0 Å². The van der Waals surface area contributed by atoms with E-state index in [-0.39, 0.29) is 17.9 Å². The summed E-state index contributed by atoms with van der Waals surface area (Å²) in [6.07, 6.45) is 4.11. The molecule has 2 N–H and O–H groups in total. The van der Waals surface area contributed by atoms with Gasteiger partial charge >= 0.3 is 0 Å². The minimum atomic E-state index is -0.0525. The molecule has 1 aromatic carbocycles. The molecule has 3 rings (SSSR count). The van der Waals surface area contributed by atoms with E-state index >= 15 is 0 Å². The monoisotopic (exact) mass is 258 g/mol. The Balaban J connectivity index is 1.70. The Labute approximate surface area is 112 Å². The van der Waals surface area contributed by atoms with Crippen LogP contribution in [-0.2, 0) is 11.2 Å². The third kappa shape index (κ3) is 2.35. The summed E-state index contributed by atoms with van der Waals surface area (Å²) < 4.78 is 0. The predicted octanol–water partition coefficient (Wildman–Crippen LogP) is 2.10. The molecule has 2 amide bonds. The van der Waals surface area contributed by atoms with Crippen LogP contribution in [-0.4, -0.2) is 17.9 Å². The highest BCUT2D eigenvalue weighted by Gasteiger charge is 2.26. The lowest BCUT2D eigenvalue weighted by molar-refractivity contribution is -0.115. The maximum Gasteiger partial charge on any atom is 0.251 e. The first-order chi connectivity index (χ1) is 9.13. The number of amides is 2. The van der Waals surface area contributed by atoms with Crippen molar-refractivity contribution in [1.29, 1.82) is 0 Å². The standard InChI is InChI=1S/C15H18N2O2/c1-9(10-3-2-4-10)16-15(19)12-6-5-11-8-14(18)17-13(11)7-12/h5-7,9-10H,2-4,8H2,1H3,(H,16,19)(H,17,18). The Morgan fingerprint density at radius 3 is 2.89 bits per heavy atom. The molecule has 0 aromatic heterocycles. The maximum absolute atomic E-state index is 12.2. The van der Waals surface area contributed by atoms with Crippen molar-refractivity contribution in [1.82, 2.24) is 5.32 Å². The van der Waals surface area contributed by atoms with Crippen LogP contribution in [0.25, 0.3) is 0 Å². The van der Waals surface area contributed by atoms with Gasteiger partial charge in [0.25, 0.3) is 5.91 Å². The van der Waals surface area contributed by atoms with Gasteiger partial charge in [-0.2, -0.15) is 0 Å². The van der Waals surface area contributed by atoms with Gasteiger partial charge in [0.2, 0.25) is 5.91 Å². The van der Waals surface area contributed by atoms with Gasteiger partial charge in [-0.15, -0.1) is 0 Å². The summed E-state index contributed by atoms with van der Waals surface area (Å²) in [5, 5.41) is 5.82. The Morgan fingerprint density at radius 1 is 1.42 bits per heavy atom. The topological polar surface area (TPSA) is 58.2 Å². The van der Waals surface area contributed by atoms with E-state index in [1.165, 1.54) is 19.3 Å². The number of nitrogens with one attached hydrogen (secondary N) is 2. The number of anilines is 1. The molecule has 0 bridgehead atoms. The van der Waals surface area contributed by atoms with E-state index in [1.807, 2.05) is 6.07 Å². The Bertz CT molecular complexity index is 535. The number of benzene rings is 1. The van der Waals surface area contributed by atoms with Gasteiger partial charge in [0.15, 0.2) is 0 Å². The number of carbonyl (C=O) groups excluding carboxylic acids is 2. The zero-order valence-electron chi connectivity index (χ0n) is 11.0. The minimum Gasteiger partial charge on any atom is -0.349 e. The van der Waals surface area contributed by atoms with Gasteiger partial charge in [-0.1, -0.05) is 12.5 Å². The van der Waals surface area contributed by atoms with Crippen LogP contribution in [0.15, 0.2) is 18.2 Å². The summed E-state index contributed by atoms with van der Waals surface area (Å²) in [4.78, 5) is 23.4. The van der Waals surface area contributed by atoms with E-state index in [0.29, 0.717) is 17.9 Å². The van der Waals surface area contributed by atoms with Crippen LogP contribution in [0.1, 0.15) is 42.1 Å². The van der Waals surface area contributed by atoms with Crippen molar-refractivity contribution in [3.8, 4) is 0 Å². The van der Waals surface area contributed by atoms with Crippen LogP contribution in [0.3, 0.4) is 0 Å². The summed E-state index contributed by atoms with van der Waals surface area (Å²) in [6, 6.07) is 5.64. The second kappa shape index (κ2) is 4.68.